The first kappa shape index (κ1) is 9.20. The molecule has 1 aromatic heterocycles. The Morgan fingerprint density at radius 2 is 2.54 bits per heavy atom. The molecule has 1 aromatic rings. The Bertz CT molecular complexity index is 338. The Morgan fingerprint density at radius 1 is 1.69 bits per heavy atom. The van der Waals surface area contributed by atoms with Gasteiger partial charge in [0.1, 0.15) is 23.8 Å². The van der Waals surface area contributed by atoms with E-state index in [0.29, 0.717) is 17.9 Å². The summed E-state index contributed by atoms with van der Waals surface area (Å²) in [7, 11) is 0. The van der Waals surface area contributed by atoms with Gasteiger partial charge in [-0.3, -0.25) is 0 Å². The van der Waals surface area contributed by atoms with E-state index in [1.807, 2.05) is 25.1 Å². The molecule has 0 unspecified atom stereocenters. The molecule has 4 nitrogen and oxygen atoms in total. The lowest BCUT2D eigenvalue weighted by Crippen LogP contribution is -2.02. The van der Waals surface area contributed by atoms with Crippen LogP contribution < -0.4 is 5.32 Å². The first-order valence-corrected chi connectivity index (χ1v) is 3.93. The molecule has 0 fully saturated rings. The van der Waals surface area contributed by atoms with Gasteiger partial charge in [-0.2, -0.15) is 5.26 Å². The van der Waals surface area contributed by atoms with Crippen LogP contribution in [-0.4, -0.2) is 16.5 Å². The normalized spacial score (nSPS) is 9.85. The van der Waals surface area contributed by atoms with E-state index in [4.69, 9.17) is 5.26 Å². The monoisotopic (exact) mass is 174 g/mol. The van der Waals surface area contributed by atoms with Gasteiger partial charge in [0.25, 0.3) is 0 Å². The minimum atomic E-state index is 0.465. The molecule has 0 aliphatic rings. The maximum absolute atomic E-state index is 8.69. The average molecular weight is 174 g/mol. The summed E-state index contributed by atoms with van der Waals surface area (Å²) in [5, 5.41) is 11.7. The zero-order valence-electron chi connectivity index (χ0n) is 7.36. The summed E-state index contributed by atoms with van der Waals surface area (Å²) in [6.07, 6.45) is 6.79. The van der Waals surface area contributed by atoms with Gasteiger partial charge in [-0.15, -0.1) is 0 Å². The number of nitrogens with zero attached hydrogens (tertiary/aromatic N) is 3. The number of nitrogens with one attached hydrogen (secondary N) is 1. The summed E-state index contributed by atoms with van der Waals surface area (Å²) in [6.45, 7) is 2.61. The molecule has 0 aromatic carbocycles. The molecule has 0 amide bonds. The van der Waals surface area contributed by atoms with E-state index in [1.165, 1.54) is 12.5 Å². The Hall–Kier alpha value is -1.89. The molecule has 0 saturated heterocycles. The molecule has 0 spiro atoms. The topological polar surface area (TPSA) is 61.6 Å². The lowest BCUT2D eigenvalue weighted by atomic mass is 10.3. The van der Waals surface area contributed by atoms with Crippen LogP contribution in [0, 0.1) is 11.3 Å². The zero-order chi connectivity index (χ0) is 9.52. The molecule has 0 saturated carbocycles. The van der Waals surface area contributed by atoms with Crippen molar-refractivity contribution in [3.05, 3.63) is 30.2 Å². The lowest BCUT2D eigenvalue weighted by molar-refractivity contribution is 1.12. The van der Waals surface area contributed by atoms with Crippen molar-refractivity contribution >= 4 is 5.82 Å². The van der Waals surface area contributed by atoms with Crippen LogP contribution in [0.3, 0.4) is 0 Å². The molecule has 0 aliphatic carbocycles. The van der Waals surface area contributed by atoms with Crippen LogP contribution in [0.5, 0.6) is 0 Å². The maximum atomic E-state index is 8.69. The Morgan fingerprint density at radius 3 is 3.23 bits per heavy atom. The van der Waals surface area contributed by atoms with Crippen LogP contribution in [0.1, 0.15) is 12.5 Å². The second-order valence-electron chi connectivity index (χ2n) is 2.35. The molecule has 0 radical (unpaired) electrons. The molecular formula is C9H10N4. The number of aromatic nitrogens is 2. The van der Waals surface area contributed by atoms with Crippen LogP contribution >= 0.6 is 0 Å². The highest BCUT2D eigenvalue weighted by atomic mass is 15.0. The molecule has 0 aliphatic heterocycles. The fourth-order valence-corrected chi connectivity index (χ4v) is 0.826. The number of anilines is 1. The standard InChI is InChI=1S/C9H10N4/c1-2-3-4-12-9-8(5-10)6-11-7-13-9/h2-3,6-7H,4H2,1H3,(H,11,12,13)/b3-2+. The van der Waals surface area contributed by atoms with E-state index in [1.54, 1.807) is 0 Å². The highest BCUT2D eigenvalue weighted by Crippen LogP contribution is 2.06. The van der Waals surface area contributed by atoms with Gasteiger partial charge in [-0.05, 0) is 6.92 Å². The quantitative estimate of drug-likeness (QED) is 0.702. The third-order valence-corrected chi connectivity index (χ3v) is 1.46. The number of hydrogen-bond donors (Lipinski definition) is 1. The first-order chi connectivity index (χ1) is 6.38. The van der Waals surface area contributed by atoms with Gasteiger partial charge in [0.2, 0.25) is 0 Å². The van der Waals surface area contributed by atoms with Crippen LogP contribution in [0.4, 0.5) is 5.82 Å². The molecule has 0 atom stereocenters. The highest BCUT2D eigenvalue weighted by Gasteiger charge is 1.99. The third-order valence-electron chi connectivity index (χ3n) is 1.46. The van der Waals surface area contributed by atoms with Gasteiger partial charge in [0, 0.05) is 6.54 Å². The van der Waals surface area contributed by atoms with Gasteiger partial charge in [-0.1, -0.05) is 12.2 Å². The molecule has 13 heavy (non-hydrogen) atoms. The molecule has 66 valence electrons. The van der Waals surface area contributed by atoms with Crippen molar-refractivity contribution in [1.29, 1.82) is 5.26 Å². The van der Waals surface area contributed by atoms with Crippen molar-refractivity contribution in [2.75, 3.05) is 11.9 Å². The Kier molecular flexibility index (Phi) is 3.45. The van der Waals surface area contributed by atoms with E-state index in [0.717, 1.165) is 0 Å². The Labute approximate surface area is 76.9 Å². The maximum Gasteiger partial charge on any atom is 0.147 e. The summed E-state index contributed by atoms with van der Waals surface area (Å²) < 4.78 is 0. The summed E-state index contributed by atoms with van der Waals surface area (Å²) >= 11 is 0. The zero-order valence-corrected chi connectivity index (χ0v) is 7.36. The highest BCUT2D eigenvalue weighted by molar-refractivity contribution is 5.49. The number of allylic oxidation sites excluding steroid dienone is 1. The van der Waals surface area contributed by atoms with E-state index in [2.05, 4.69) is 15.3 Å². The van der Waals surface area contributed by atoms with Crippen molar-refractivity contribution < 1.29 is 0 Å². The number of hydrogen-bond acceptors (Lipinski definition) is 4. The third kappa shape index (κ3) is 2.56. The van der Waals surface area contributed by atoms with E-state index < -0.39 is 0 Å². The van der Waals surface area contributed by atoms with E-state index in [9.17, 15) is 0 Å². The summed E-state index contributed by atoms with van der Waals surface area (Å²) in [5.74, 6) is 0.579. The summed E-state index contributed by atoms with van der Waals surface area (Å²) in [5.41, 5.74) is 0.465. The molecule has 4 heteroatoms. The lowest BCUT2D eigenvalue weighted by Gasteiger charge is -2.01. The fraction of sp³-hybridized carbons (Fsp3) is 0.222. The van der Waals surface area contributed by atoms with Crippen molar-refractivity contribution in [3.63, 3.8) is 0 Å². The molecule has 0 bridgehead atoms. The smallest absolute Gasteiger partial charge is 0.147 e. The SMILES string of the molecule is C/C=C/CNc1ncncc1C#N. The van der Waals surface area contributed by atoms with Crippen LogP contribution in [-0.2, 0) is 0 Å². The van der Waals surface area contributed by atoms with Gasteiger partial charge in [0.05, 0.1) is 6.20 Å². The Balaban J connectivity index is 2.71. The van der Waals surface area contributed by atoms with Crippen LogP contribution in [0.15, 0.2) is 24.7 Å². The minimum Gasteiger partial charge on any atom is -0.365 e. The predicted octanol–water partition coefficient (Wildman–Crippen LogP) is 1.34. The van der Waals surface area contributed by atoms with Crippen molar-refractivity contribution in [2.45, 2.75) is 6.92 Å². The van der Waals surface area contributed by atoms with Crippen LogP contribution in [0.25, 0.3) is 0 Å². The minimum absolute atomic E-state index is 0.465. The predicted molar refractivity (Wildman–Crippen MR) is 50.1 cm³/mol. The molecule has 1 N–H and O–H groups in total. The van der Waals surface area contributed by atoms with E-state index >= 15 is 0 Å². The fourth-order valence-electron chi connectivity index (χ4n) is 0.826. The summed E-state index contributed by atoms with van der Waals surface area (Å²) in [6, 6.07) is 2.01. The van der Waals surface area contributed by atoms with Gasteiger partial charge in [0.15, 0.2) is 0 Å². The second-order valence-corrected chi connectivity index (χ2v) is 2.35. The van der Waals surface area contributed by atoms with Gasteiger partial charge >= 0.3 is 0 Å². The van der Waals surface area contributed by atoms with Crippen molar-refractivity contribution in [1.82, 2.24) is 9.97 Å². The molecule has 1 heterocycles. The van der Waals surface area contributed by atoms with Crippen LogP contribution in [0.2, 0.25) is 0 Å². The number of nitriles is 1. The van der Waals surface area contributed by atoms with Crippen molar-refractivity contribution in [3.8, 4) is 6.07 Å². The van der Waals surface area contributed by atoms with Gasteiger partial charge in [-0.25, -0.2) is 9.97 Å². The number of rotatable bonds is 3. The molecular weight excluding hydrogens is 164 g/mol. The van der Waals surface area contributed by atoms with Gasteiger partial charge < -0.3 is 5.32 Å². The van der Waals surface area contributed by atoms with Crippen molar-refractivity contribution in [2.24, 2.45) is 0 Å². The van der Waals surface area contributed by atoms with E-state index in [-0.39, 0.29) is 0 Å². The summed E-state index contributed by atoms with van der Waals surface area (Å²) in [4.78, 5) is 7.70. The largest absolute Gasteiger partial charge is 0.365 e. The average Bonchev–Trinajstić information content (AvgIpc) is 2.19. The second kappa shape index (κ2) is 4.88. The first-order valence-electron chi connectivity index (χ1n) is 3.93. The molecule has 1 rings (SSSR count).